The Morgan fingerprint density at radius 3 is 2.43 bits per heavy atom. The molecule has 0 saturated heterocycles. The Balaban J connectivity index is 2.21. The van der Waals surface area contributed by atoms with E-state index in [2.05, 4.69) is 0 Å². The maximum absolute atomic E-state index is 11.2. The van der Waals surface area contributed by atoms with Crippen LogP contribution >= 0.6 is 0 Å². The molecule has 5 nitrogen and oxygen atoms in total. The molecule has 0 aliphatic heterocycles. The topological polar surface area (TPSA) is 82.7 Å². The molecule has 0 radical (unpaired) electrons. The highest BCUT2D eigenvalue weighted by Crippen LogP contribution is 2.34. The van der Waals surface area contributed by atoms with Gasteiger partial charge in [-0.1, -0.05) is 24.3 Å². The van der Waals surface area contributed by atoms with Crippen LogP contribution in [0.25, 0.3) is 10.9 Å². The van der Waals surface area contributed by atoms with E-state index >= 15 is 0 Å². The number of aromatic nitrogens is 1. The summed E-state index contributed by atoms with van der Waals surface area (Å²) in [6, 6.07) is 12.1. The Morgan fingerprint density at radius 2 is 1.74 bits per heavy atom. The number of phenolic OH excluding ortho intramolecular Hbond substituents is 2. The predicted octanol–water partition coefficient (Wildman–Crippen LogP) is 3.04. The molecule has 3 N–H and O–H groups in total. The zero-order valence-corrected chi connectivity index (χ0v) is 12.7. The molecule has 0 atom stereocenters. The summed E-state index contributed by atoms with van der Waals surface area (Å²) in [4.78, 5) is 11.2. The second kappa shape index (κ2) is 5.68. The number of carboxylic acids is 1. The SMILES string of the molecule is Cc1c(CC(=O)O)c2c(O)cccc2n1Cc1ccccc1O. The number of carboxylic acid groups (broad SMARTS) is 1. The minimum atomic E-state index is -0.946. The smallest absolute Gasteiger partial charge is 0.307 e. The Hall–Kier alpha value is -2.95. The third kappa shape index (κ3) is 2.61. The number of aromatic hydroxyl groups is 2. The number of phenols is 2. The normalized spacial score (nSPS) is 11.0. The first-order chi connectivity index (χ1) is 11.0. The van der Waals surface area contributed by atoms with Crippen LogP contribution < -0.4 is 0 Å². The molecule has 2 aromatic carbocycles. The lowest BCUT2D eigenvalue weighted by Gasteiger charge is -2.10. The van der Waals surface area contributed by atoms with Crippen LogP contribution in [-0.4, -0.2) is 25.9 Å². The van der Waals surface area contributed by atoms with Crippen molar-refractivity contribution < 1.29 is 20.1 Å². The molecule has 1 aromatic heterocycles. The first kappa shape index (κ1) is 15.0. The first-order valence-corrected chi connectivity index (χ1v) is 7.27. The van der Waals surface area contributed by atoms with Crippen LogP contribution in [0.4, 0.5) is 0 Å². The number of hydrogen-bond acceptors (Lipinski definition) is 3. The van der Waals surface area contributed by atoms with Gasteiger partial charge in [-0.05, 0) is 30.7 Å². The summed E-state index contributed by atoms with van der Waals surface area (Å²) in [7, 11) is 0. The van der Waals surface area contributed by atoms with Crippen LogP contribution in [0.5, 0.6) is 11.5 Å². The second-order valence-corrected chi connectivity index (χ2v) is 5.52. The number of rotatable bonds is 4. The van der Waals surface area contributed by atoms with Crippen molar-refractivity contribution in [1.82, 2.24) is 4.57 Å². The van der Waals surface area contributed by atoms with Gasteiger partial charge in [0, 0.05) is 16.6 Å². The molecule has 118 valence electrons. The summed E-state index contributed by atoms with van der Waals surface area (Å²) in [5.41, 5.74) is 2.85. The average Bonchev–Trinajstić information content (AvgIpc) is 2.76. The molecule has 0 spiro atoms. The number of carbonyl (C=O) groups is 1. The quantitative estimate of drug-likeness (QED) is 0.691. The summed E-state index contributed by atoms with van der Waals surface area (Å²) in [5, 5.41) is 29.9. The van der Waals surface area contributed by atoms with Crippen LogP contribution in [0.3, 0.4) is 0 Å². The number of hydrogen-bond donors (Lipinski definition) is 3. The molecule has 0 fully saturated rings. The second-order valence-electron chi connectivity index (χ2n) is 5.52. The van der Waals surface area contributed by atoms with E-state index in [0.29, 0.717) is 17.5 Å². The van der Waals surface area contributed by atoms with Gasteiger partial charge < -0.3 is 19.9 Å². The molecule has 0 saturated carbocycles. The highest BCUT2D eigenvalue weighted by molar-refractivity contribution is 5.93. The van der Waals surface area contributed by atoms with Crippen LogP contribution in [0.2, 0.25) is 0 Å². The summed E-state index contributed by atoms with van der Waals surface area (Å²) < 4.78 is 1.92. The van der Waals surface area contributed by atoms with Crippen molar-refractivity contribution in [2.75, 3.05) is 0 Å². The van der Waals surface area contributed by atoms with Gasteiger partial charge in [0.15, 0.2) is 0 Å². The highest BCUT2D eigenvalue weighted by atomic mass is 16.4. The van der Waals surface area contributed by atoms with Gasteiger partial charge >= 0.3 is 5.97 Å². The van der Waals surface area contributed by atoms with Gasteiger partial charge in [-0.3, -0.25) is 4.79 Å². The molecule has 1 heterocycles. The van der Waals surface area contributed by atoms with E-state index in [9.17, 15) is 15.0 Å². The zero-order valence-electron chi connectivity index (χ0n) is 12.7. The predicted molar refractivity (Wildman–Crippen MR) is 86.9 cm³/mol. The van der Waals surface area contributed by atoms with E-state index < -0.39 is 5.97 Å². The molecule has 0 aliphatic rings. The van der Waals surface area contributed by atoms with Crippen LogP contribution in [0.15, 0.2) is 42.5 Å². The van der Waals surface area contributed by atoms with E-state index in [1.165, 1.54) is 0 Å². The van der Waals surface area contributed by atoms with Gasteiger partial charge in [0.2, 0.25) is 0 Å². The van der Waals surface area contributed by atoms with Crippen molar-refractivity contribution in [2.24, 2.45) is 0 Å². The van der Waals surface area contributed by atoms with Crippen molar-refractivity contribution in [3.63, 3.8) is 0 Å². The third-order valence-electron chi connectivity index (χ3n) is 4.10. The van der Waals surface area contributed by atoms with E-state index in [0.717, 1.165) is 16.8 Å². The fraction of sp³-hybridized carbons (Fsp3) is 0.167. The van der Waals surface area contributed by atoms with Gasteiger partial charge in [-0.15, -0.1) is 0 Å². The maximum Gasteiger partial charge on any atom is 0.307 e. The first-order valence-electron chi connectivity index (χ1n) is 7.27. The van der Waals surface area contributed by atoms with Crippen molar-refractivity contribution >= 4 is 16.9 Å². The number of benzene rings is 2. The van der Waals surface area contributed by atoms with Gasteiger partial charge in [-0.2, -0.15) is 0 Å². The lowest BCUT2D eigenvalue weighted by atomic mass is 10.1. The van der Waals surface area contributed by atoms with Gasteiger partial charge in [0.25, 0.3) is 0 Å². The molecule has 23 heavy (non-hydrogen) atoms. The minimum Gasteiger partial charge on any atom is -0.508 e. The van der Waals surface area contributed by atoms with Crippen molar-refractivity contribution in [3.05, 3.63) is 59.3 Å². The zero-order chi connectivity index (χ0) is 16.6. The molecule has 3 aromatic rings. The third-order valence-corrected chi connectivity index (χ3v) is 4.10. The molecule has 3 rings (SSSR count). The molecule has 5 heteroatoms. The largest absolute Gasteiger partial charge is 0.508 e. The molecular weight excluding hydrogens is 294 g/mol. The molecule has 0 amide bonds. The van der Waals surface area contributed by atoms with Crippen molar-refractivity contribution in [2.45, 2.75) is 19.9 Å². The molecule has 0 bridgehead atoms. The number of fused-ring (bicyclic) bond motifs is 1. The molecular formula is C18H17NO4. The van der Waals surface area contributed by atoms with Crippen LogP contribution in [-0.2, 0) is 17.8 Å². The van der Waals surface area contributed by atoms with Gasteiger partial charge in [0.1, 0.15) is 11.5 Å². The summed E-state index contributed by atoms with van der Waals surface area (Å²) in [6.07, 6.45) is -0.159. The summed E-state index contributed by atoms with van der Waals surface area (Å²) in [5.74, 6) is -0.690. The monoisotopic (exact) mass is 311 g/mol. The van der Waals surface area contributed by atoms with Crippen molar-refractivity contribution in [3.8, 4) is 11.5 Å². The molecule has 0 aliphatic carbocycles. The van der Waals surface area contributed by atoms with Crippen LogP contribution in [0.1, 0.15) is 16.8 Å². The number of aliphatic carboxylic acids is 1. The van der Waals surface area contributed by atoms with Crippen LogP contribution in [0, 0.1) is 6.92 Å². The highest BCUT2D eigenvalue weighted by Gasteiger charge is 2.19. The Labute approximate surface area is 133 Å². The molecule has 0 unspecified atom stereocenters. The van der Waals surface area contributed by atoms with Crippen molar-refractivity contribution in [1.29, 1.82) is 0 Å². The summed E-state index contributed by atoms with van der Waals surface area (Å²) >= 11 is 0. The lowest BCUT2D eigenvalue weighted by Crippen LogP contribution is -2.05. The number of para-hydroxylation sites is 1. The van der Waals surface area contributed by atoms with Gasteiger partial charge in [0.05, 0.1) is 18.5 Å². The van der Waals surface area contributed by atoms with E-state index in [1.807, 2.05) is 29.7 Å². The Bertz CT molecular complexity index is 895. The summed E-state index contributed by atoms with van der Waals surface area (Å²) in [6.45, 7) is 2.23. The Kier molecular flexibility index (Phi) is 3.70. The van der Waals surface area contributed by atoms with E-state index in [4.69, 9.17) is 5.11 Å². The Morgan fingerprint density at radius 1 is 1.04 bits per heavy atom. The maximum atomic E-state index is 11.2. The van der Waals surface area contributed by atoms with E-state index in [1.54, 1.807) is 24.3 Å². The van der Waals surface area contributed by atoms with E-state index in [-0.39, 0.29) is 17.9 Å². The number of nitrogens with zero attached hydrogens (tertiary/aromatic N) is 1. The van der Waals surface area contributed by atoms with Gasteiger partial charge in [-0.25, -0.2) is 0 Å². The fourth-order valence-corrected chi connectivity index (χ4v) is 2.97. The minimum absolute atomic E-state index is 0.0675. The fourth-order valence-electron chi connectivity index (χ4n) is 2.97. The standard InChI is InChI=1S/C18H17NO4/c1-11-13(9-17(22)23)18-14(6-4-8-16(18)21)19(11)10-12-5-2-3-7-15(12)20/h2-8,20-21H,9-10H2,1H3,(H,22,23). The lowest BCUT2D eigenvalue weighted by molar-refractivity contribution is -0.136. The average molecular weight is 311 g/mol.